The van der Waals surface area contributed by atoms with Gasteiger partial charge in [0.15, 0.2) is 11.5 Å². The average molecular weight is 419 g/mol. The van der Waals surface area contributed by atoms with Gasteiger partial charge in [-0.25, -0.2) is 0 Å². The van der Waals surface area contributed by atoms with E-state index in [1.54, 1.807) is 14.2 Å². The van der Waals surface area contributed by atoms with Crippen LogP contribution in [0.3, 0.4) is 0 Å². The van der Waals surface area contributed by atoms with Gasteiger partial charge in [-0.1, -0.05) is 6.92 Å². The molecule has 1 unspecified atom stereocenters. The molecule has 0 saturated carbocycles. The van der Waals surface area contributed by atoms with Crippen LogP contribution in [-0.4, -0.2) is 75.4 Å². The van der Waals surface area contributed by atoms with Crippen molar-refractivity contribution in [1.82, 2.24) is 9.80 Å². The SMILES string of the molecule is CCCN(CCCCN1CCOCCC1=O)C1CCc2cc(OC)c(OC)cc2C1. The Labute approximate surface area is 181 Å². The number of ether oxygens (including phenoxy) is 3. The fourth-order valence-electron chi connectivity index (χ4n) is 4.71. The van der Waals surface area contributed by atoms with Crippen molar-refractivity contribution in [1.29, 1.82) is 0 Å². The molecule has 6 heteroatoms. The van der Waals surface area contributed by atoms with Crippen molar-refractivity contribution < 1.29 is 19.0 Å². The molecule has 1 aliphatic heterocycles. The molecule has 30 heavy (non-hydrogen) atoms. The Hall–Kier alpha value is -1.79. The predicted molar refractivity (Wildman–Crippen MR) is 118 cm³/mol. The van der Waals surface area contributed by atoms with Gasteiger partial charge in [0.2, 0.25) is 5.91 Å². The number of carbonyl (C=O) groups is 1. The number of unbranched alkanes of at least 4 members (excludes halogenated alkanes) is 1. The summed E-state index contributed by atoms with van der Waals surface area (Å²) in [5.74, 6) is 1.89. The predicted octanol–water partition coefficient (Wildman–Crippen LogP) is 3.30. The van der Waals surface area contributed by atoms with Gasteiger partial charge in [0.25, 0.3) is 0 Å². The molecule has 1 aromatic rings. The van der Waals surface area contributed by atoms with E-state index in [0.29, 0.717) is 25.7 Å². The minimum absolute atomic E-state index is 0.242. The van der Waals surface area contributed by atoms with E-state index in [0.717, 1.165) is 69.8 Å². The molecule has 0 spiro atoms. The number of nitrogens with zero attached hydrogens (tertiary/aromatic N) is 2. The molecule has 0 radical (unpaired) electrons. The lowest BCUT2D eigenvalue weighted by Gasteiger charge is -2.35. The largest absolute Gasteiger partial charge is 0.493 e. The average Bonchev–Trinajstić information content (AvgIpc) is 2.98. The smallest absolute Gasteiger partial charge is 0.224 e. The standard InChI is InChI=1S/C24H38N2O4/c1-4-10-25(11-5-6-12-26-13-15-30-14-9-24(26)27)21-8-7-19-17-22(28-2)23(29-3)18-20(19)16-21/h17-18,21H,4-16H2,1-3H3. The van der Waals surface area contributed by atoms with E-state index >= 15 is 0 Å². The zero-order valence-electron chi connectivity index (χ0n) is 19.0. The molecule has 6 nitrogen and oxygen atoms in total. The molecule has 0 bridgehead atoms. The Morgan fingerprint density at radius 1 is 1.07 bits per heavy atom. The number of rotatable bonds is 10. The number of hydrogen-bond donors (Lipinski definition) is 0. The van der Waals surface area contributed by atoms with Gasteiger partial charge in [0.1, 0.15) is 0 Å². The van der Waals surface area contributed by atoms with Crippen LogP contribution in [0.2, 0.25) is 0 Å². The monoisotopic (exact) mass is 418 g/mol. The van der Waals surface area contributed by atoms with Gasteiger partial charge >= 0.3 is 0 Å². The van der Waals surface area contributed by atoms with Gasteiger partial charge in [-0.15, -0.1) is 0 Å². The molecule has 168 valence electrons. The molecule has 1 atom stereocenters. The topological polar surface area (TPSA) is 51.2 Å². The molecule has 1 fully saturated rings. The maximum atomic E-state index is 12.1. The van der Waals surface area contributed by atoms with Crippen LogP contribution in [0.1, 0.15) is 50.2 Å². The van der Waals surface area contributed by atoms with Crippen molar-refractivity contribution in [3.05, 3.63) is 23.3 Å². The third kappa shape index (κ3) is 5.88. The van der Waals surface area contributed by atoms with Crippen LogP contribution >= 0.6 is 0 Å². The molecule has 1 heterocycles. The highest BCUT2D eigenvalue weighted by Crippen LogP contribution is 2.35. The summed E-state index contributed by atoms with van der Waals surface area (Å²) in [6, 6.07) is 4.89. The molecule has 0 N–H and O–H groups in total. The molecular weight excluding hydrogens is 380 g/mol. The van der Waals surface area contributed by atoms with Gasteiger partial charge in [0, 0.05) is 19.1 Å². The van der Waals surface area contributed by atoms with E-state index in [1.807, 2.05) is 4.90 Å². The second kappa shape index (κ2) is 11.6. The number of hydrogen-bond acceptors (Lipinski definition) is 5. The van der Waals surface area contributed by atoms with E-state index in [4.69, 9.17) is 14.2 Å². The van der Waals surface area contributed by atoms with Crippen molar-refractivity contribution in [2.45, 2.75) is 57.9 Å². The van der Waals surface area contributed by atoms with Crippen molar-refractivity contribution >= 4 is 5.91 Å². The summed E-state index contributed by atoms with van der Waals surface area (Å²) < 4.78 is 16.4. The highest BCUT2D eigenvalue weighted by atomic mass is 16.5. The second-order valence-corrected chi connectivity index (χ2v) is 8.36. The summed E-state index contributed by atoms with van der Waals surface area (Å²) >= 11 is 0. The fraction of sp³-hybridized carbons (Fsp3) is 0.708. The molecule has 1 aromatic carbocycles. The zero-order valence-corrected chi connectivity index (χ0v) is 19.0. The minimum Gasteiger partial charge on any atom is -0.493 e. The normalized spacial score (nSPS) is 19.5. The van der Waals surface area contributed by atoms with E-state index < -0.39 is 0 Å². The molecule has 1 aliphatic carbocycles. The van der Waals surface area contributed by atoms with Crippen molar-refractivity contribution in [2.75, 3.05) is 53.6 Å². The molecule has 3 rings (SSSR count). The van der Waals surface area contributed by atoms with Gasteiger partial charge in [-0.3, -0.25) is 4.79 Å². The van der Waals surface area contributed by atoms with Crippen LogP contribution in [0.4, 0.5) is 0 Å². The molecule has 1 amide bonds. The number of fused-ring (bicyclic) bond motifs is 1. The maximum Gasteiger partial charge on any atom is 0.224 e. The highest BCUT2D eigenvalue weighted by Gasteiger charge is 2.25. The van der Waals surface area contributed by atoms with Crippen LogP contribution in [0.25, 0.3) is 0 Å². The number of aryl methyl sites for hydroxylation is 1. The van der Waals surface area contributed by atoms with Crippen LogP contribution in [0, 0.1) is 0 Å². The summed E-state index contributed by atoms with van der Waals surface area (Å²) in [6.45, 7) is 7.31. The lowest BCUT2D eigenvalue weighted by atomic mass is 9.86. The number of amides is 1. The number of carbonyl (C=O) groups excluding carboxylic acids is 1. The first-order valence-corrected chi connectivity index (χ1v) is 11.5. The minimum atomic E-state index is 0.242. The third-order valence-electron chi connectivity index (χ3n) is 6.38. The van der Waals surface area contributed by atoms with Crippen LogP contribution in [-0.2, 0) is 22.4 Å². The molecule has 0 aromatic heterocycles. The first kappa shape index (κ1) is 22.9. The Balaban J connectivity index is 1.54. The van der Waals surface area contributed by atoms with E-state index in [9.17, 15) is 4.79 Å². The van der Waals surface area contributed by atoms with Crippen molar-refractivity contribution in [3.8, 4) is 11.5 Å². The molecular formula is C24H38N2O4. The highest BCUT2D eigenvalue weighted by molar-refractivity contribution is 5.76. The summed E-state index contributed by atoms with van der Waals surface area (Å²) in [4.78, 5) is 16.8. The van der Waals surface area contributed by atoms with E-state index in [-0.39, 0.29) is 5.91 Å². The zero-order chi connectivity index (χ0) is 21.3. The van der Waals surface area contributed by atoms with Crippen molar-refractivity contribution in [3.63, 3.8) is 0 Å². The van der Waals surface area contributed by atoms with Gasteiger partial charge < -0.3 is 24.0 Å². The second-order valence-electron chi connectivity index (χ2n) is 8.36. The Morgan fingerprint density at radius 2 is 1.83 bits per heavy atom. The van der Waals surface area contributed by atoms with E-state index in [2.05, 4.69) is 24.0 Å². The van der Waals surface area contributed by atoms with E-state index in [1.165, 1.54) is 17.5 Å². The summed E-state index contributed by atoms with van der Waals surface area (Å²) in [5.41, 5.74) is 2.78. The maximum absolute atomic E-state index is 12.1. The molecule has 2 aliphatic rings. The number of benzene rings is 1. The van der Waals surface area contributed by atoms with Crippen molar-refractivity contribution in [2.24, 2.45) is 0 Å². The van der Waals surface area contributed by atoms with Crippen LogP contribution < -0.4 is 9.47 Å². The van der Waals surface area contributed by atoms with Gasteiger partial charge in [0.05, 0.1) is 33.9 Å². The lowest BCUT2D eigenvalue weighted by Crippen LogP contribution is -2.41. The quantitative estimate of drug-likeness (QED) is 0.546. The first-order valence-electron chi connectivity index (χ1n) is 11.5. The Kier molecular flexibility index (Phi) is 8.82. The fourth-order valence-corrected chi connectivity index (χ4v) is 4.71. The van der Waals surface area contributed by atoms with Crippen LogP contribution in [0.15, 0.2) is 12.1 Å². The van der Waals surface area contributed by atoms with Gasteiger partial charge in [-0.2, -0.15) is 0 Å². The third-order valence-corrected chi connectivity index (χ3v) is 6.38. The number of methoxy groups -OCH3 is 2. The summed E-state index contributed by atoms with van der Waals surface area (Å²) in [5, 5.41) is 0. The summed E-state index contributed by atoms with van der Waals surface area (Å²) in [6.07, 6.45) is 7.21. The summed E-state index contributed by atoms with van der Waals surface area (Å²) in [7, 11) is 3.40. The Bertz CT molecular complexity index is 694. The van der Waals surface area contributed by atoms with Crippen LogP contribution in [0.5, 0.6) is 11.5 Å². The first-order chi connectivity index (χ1) is 14.7. The Morgan fingerprint density at radius 3 is 2.57 bits per heavy atom. The lowest BCUT2D eigenvalue weighted by molar-refractivity contribution is -0.130. The molecule has 1 saturated heterocycles. The van der Waals surface area contributed by atoms with Gasteiger partial charge in [-0.05, 0) is 74.9 Å².